The monoisotopic (exact) mass is 343 g/mol. The number of nitro groups is 1. The van der Waals surface area contributed by atoms with Crippen LogP contribution in [0, 0.1) is 10.1 Å². The zero-order valence-corrected chi connectivity index (χ0v) is 14.0. The lowest BCUT2D eigenvalue weighted by Gasteiger charge is -2.09. The quantitative estimate of drug-likeness (QED) is 0.519. The summed E-state index contributed by atoms with van der Waals surface area (Å²) in [5.74, 6) is 0.150. The second-order valence-corrected chi connectivity index (χ2v) is 5.86. The molecule has 130 valence electrons. The molecule has 0 aliphatic rings. The highest BCUT2D eigenvalue weighted by atomic mass is 16.6. The Labute approximate surface area is 142 Å². The van der Waals surface area contributed by atoms with E-state index < -0.39 is 4.92 Å². The van der Waals surface area contributed by atoms with Crippen molar-refractivity contribution in [1.82, 2.24) is 19.3 Å². The molecule has 0 fully saturated rings. The van der Waals surface area contributed by atoms with E-state index in [4.69, 9.17) is 4.74 Å². The van der Waals surface area contributed by atoms with Crippen molar-refractivity contribution in [3.63, 3.8) is 0 Å². The molecule has 3 rings (SSSR count). The van der Waals surface area contributed by atoms with Crippen molar-refractivity contribution in [3.05, 3.63) is 56.8 Å². The van der Waals surface area contributed by atoms with Gasteiger partial charge in [0.2, 0.25) is 0 Å². The highest BCUT2D eigenvalue weighted by molar-refractivity contribution is 5.73. The molecule has 0 atom stereocenters. The highest BCUT2D eigenvalue weighted by Crippen LogP contribution is 2.27. The number of benzene rings is 1. The van der Waals surface area contributed by atoms with Crippen LogP contribution in [0.3, 0.4) is 0 Å². The Balaban J connectivity index is 2.00. The Morgan fingerprint density at radius 1 is 1.36 bits per heavy atom. The first-order valence-electron chi connectivity index (χ1n) is 7.66. The summed E-state index contributed by atoms with van der Waals surface area (Å²) in [4.78, 5) is 27.4. The Morgan fingerprint density at radius 2 is 2.12 bits per heavy atom. The minimum atomic E-state index is -0.511. The number of fused-ring (bicyclic) bond motifs is 1. The van der Waals surface area contributed by atoms with E-state index in [1.807, 2.05) is 13.8 Å². The van der Waals surface area contributed by atoms with Crippen molar-refractivity contribution in [2.75, 3.05) is 7.11 Å². The van der Waals surface area contributed by atoms with E-state index in [1.54, 1.807) is 16.8 Å². The molecule has 0 aliphatic heterocycles. The molecule has 9 heteroatoms. The van der Waals surface area contributed by atoms with Crippen LogP contribution in [0.2, 0.25) is 0 Å². The second kappa shape index (κ2) is 6.34. The second-order valence-electron chi connectivity index (χ2n) is 5.86. The van der Waals surface area contributed by atoms with E-state index in [0.29, 0.717) is 16.6 Å². The third kappa shape index (κ3) is 2.95. The van der Waals surface area contributed by atoms with Crippen LogP contribution in [0.4, 0.5) is 5.69 Å². The first kappa shape index (κ1) is 16.6. The van der Waals surface area contributed by atoms with Gasteiger partial charge in [0.1, 0.15) is 11.7 Å². The van der Waals surface area contributed by atoms with Crippen LogP contribution < -0.4 is 10.3 Å². The molecule has 2 aromatic heterocycles. The third-order valence-corrected chi connectivity index (χ3v) is 3.86. The maximum absolute atomic E-state index is 12.6. The smallest absolute Gasteiger partial charge is 0.310 e. The van der Waals surface area contributed by atoms with Crippen LogP contribution in [0.15, 0.2) is 35.5 Å². The van der Waals surface area contributed by atoms with Gasteiger partial charge in [0, 0.05) is 12.1 Å². The predicted octanol–water partition coefficient (Wildman–Crippen LogP) is 2.14. The number of aromatic nitrogens is 4. The van der Waals surface area contributed by atoms with Crippen molar-refractivity contribution in [2.45, 2.75) is 26.4 Å². The number of rotatable bonds is 5. The number of hydrogen-bond acceptors (Lipinski definition) is 6. The average molecular weight is 343 g/mol. The molecule has 0 aliphatic carbocycles. The zero-order valence-electron chi connectivity index (χ0n) is 14.0. The molecule has 0 spiro atoms. The molecule has 0 unspecified atom stereocenters. The average Bonchev–Trinajstić information content (AvgIpc) is 3.02. The predicted molar refractivity (Wildman–Crippen MR) is 90.9 cm³/mol. The molecule has 0 N–H and O–H groups in total. The van der Waals surface area contributed by atoms with Gasteiger partial charge in [0.25, 0.3) is 5.56 Å². The van der Waals surface area contributed by atoms with Crippen LogP contribution >= 0.6 is 0 Å². The van der Waals surface area contributed by atoms with Crippen molar-refractivity contribution < 1.29 is 9.66 Å². The van der Waals surface area contributed by atoms with Crippen LogP contribution in [0.25, 0.3) is 11.0 Å². The van der Waals surface area contributed by atoms with E-state index in [1.165, 1.54) is 30.3 Å². The minimum absolute atomic E-state index is 0.0965. The number of hydrogen-bond donors (Lipinski definition) is 0. The normalized spacial score (nSPS) is 11.2. The SMILES string of the molecule is COc1cc(Cn2cnc3c(cnn3C(C)C)c2=O)ccc1[N+](=O)[O-]. The van der Waals surface area contributed by atoms with Crippen molar-refractivity contribution in [3.8, 4) is 5.75 Å². The minimum Gasteiger partial charge on any atom is -0.490 e. The molecular formula is C16H17N5O4. The summed E-state index contributed by atoms with van der Waals surface area (Å²) in [5, 5.41) is 15.6. The van der Waals surface area contributed by atoms with Gasteiger partial charge in [0.15, 0.2) is 11.4 Å². The highest BCUT2D eigenvalue weighted by Gasteiger charge is 2.16. The maximum Gasteiger partial charge on any atom is 0.310 e. The Hall–Kier alpha value is -3.23. The van der Waals surface area contributed by atoms with Crippen LogP contribution in [-0.2, 0) is 6.54 Å². The lowest BCUT2D eigenvalue weighted by molar-refractivity contribution is -0.385. The molecule has 0 amide bonds. The lowest BCUT2D eigenvalue weighted by atomic mass is 10.2. The van der Waals surface area contributed by atoms with E-state index in [2.05, 4.69) is 10.1 Å². The van der Waals surface area contributed by atoms with Crippen molar-refractivity contribution >= 4 is 16.7 Å². The van der Waals surface area contributed by atoms with Gasteiger partial charge in [-0.3, -0.25) is 19.5 Å². The fraction of sp³-hybridized carbons (Fsp3) is 0.312. The molecule has 25 heavy (non-hydrogen) atoms. The van der Waals surface area contributed by atoms with Gasteiger partial charge in [0.05, 0.1) is 24.8 Å². The largest absolute Gasteiger partial charge is 0.490 e. The van der Waals surface area contributed by atoms with Crippen LogP contribution in [0.1, 0.15) is 25.5 Å². The van der Waals surface area contributed by atoms with Crippen molar-refractivity contribution in [1.29, 1.82) is 0 Å². The van der Waals surface area contributed by atoms with Gasteiger partial charge in [-0.25, -0.2) is 9.67 Å². The fourth-order valence-corrected chi connectivity index (χ4v) is 2.63. The van der Waals surface area contributed by atoms with E-state index >= 15 is 0 Å². The van der Waals surface area contributed by atoms with Crippen LogP contribution in [0.5, 0.6) is 5.75 Å². The van der Waals surface area contributed by atoms with Gasteiger partial charge < -0.3 is 4.74 Å². The molecule has 0 bridgehead atoms. The number of methoxy groups -OCH3 is 1. The number of nitro benzene ring substituents is 1. The standard InChI is InChI=1S/C16H17N5O4/c1-10(2)20-15-12(7-18-20)16(22)19(9-17-15)8-11-4-5-13(21(23)24)14(6-11)25-3/h4-7,9-10H,8H2,1-3H3. The van der Waals surface area contributed by atoms with E-state index in [0.717, 1.165) is 0 Å². The molecule has 0 saturated carbocycles. The fourth-order valence-electron chi connectivity index (χ4n) is 2.63. The summed E-state index contributed by atoms with van der Waals surface area (Å²) in [7, 11) is 1.37. The summed E-state index contributed by atoms with van der Waals surface area (Å²) < 4.78 is 8.19. The van der Waals surface area contributed by atoms with Gasteiger partial charge >= 0.3 is 5.69 Å². The summed E-state index contributed by atoms with van der Waals surface area (Å²) in [6.45, 7) is 4.15. The number of ether oxygens (including phenoxy) is 1. The summed E-state index contributed by atoms with van der Waals surface area (Å²) in [5.41, 5.74) is 0.902. The first-order valence-corrected chi connectivity index (χ1v) is 7.66. The van der Waals surface area contributed by atoms with Crippen molar-refractivity contribution in [2.24, 2.45) is 0 Å². The molecule has 0 saturated heterocycles. The zero-order chi connectivity index (χ0) is 18.1. The van der Waals surface area contributed by atoms with Gasteiger partial charge in [-0.05, 0) is 25.5 Å². The van der Waals surface area contributed by atoms with Gasteiger partial charge in [-0.15, -0.1) is 0 Å². The van der Waals surface area contributed by atoms with E-state index in [-0.39, 0.29) is 29.6 Å². The molecule has 0 radical (unpaired) electrons. The Kier molecular flexibility index (Phi) is 4.22. The van der Waals surface area contributed by atoms with Gasteiger partial charge in [-0.2, -0.15) is 5.10 Å². The maximum atomic E-state index is 12.6. The Morgan fingerprint density at radius 3 is 2.76 bits per heavy atom. The van der Waals surface area contributed by atoms with E-state index in [9.17, 15) is 14.9 Å². The van der Waals surface area contributed by atoms with Crippen LogP contribution in [-0.4, -0.2) is 31.4 Å². The molecule has 3 aromatic rings. The Bertz CT molecular complexity index is 1010. The first-order chi connectivity index (χ1) is 11.9. The lowest BCUT2D eigenvalue weighted by Crippen LogP contribution is -2.21. The molecular weight excluding hydrogens is 326 g/mol. The summed E-state index contributed by atoms with van der Waals surface area (Å²) in [6, 6.07) is 4.60. The molecule has 2 heterocycles. The molecule has 1 aromatic carbocycles. The topological polar surface area (TPSA) is 105 Å². The van der Waals surface area contributed by atoms with Gasteiger partial charge in [-0.1, -0.05) is 6.07 Å². The number of nitrogens with zero attached hydrogens (tertiary/aromatic N) is 5. The third-order valence-electron chi connectivity index (χ3n) is 3.86. The summed E-state index contributed by atoms with van der Waals surface area (Å²) in [6.07, 6.45) is 2.97. The summed E-state index contributed by atoms with van der Waals surface area (Å²) >= 11 is 0. The molecule has 9 nitrogen and oxygen atoms in total.